The molecule has 0 bridgehead atoms. The van der Waals surface area contributed by atoms with Gasteiger partial charge in [0, 0.05) is 26.8 Å². The molecule has 0 aliphatic rings. The van der Waals surface area contributed by atoms with Crippen molar-refractivity contribution in [3.05, 3.63) is 47.5 Å². The first-order valence-corrected chi connectivity index (χ1v) is 13.9. The van der Waals surface area contributed by atoms with E-state index in [1.54, 1.807) is 7.05 Å². The molecule has 186 valence electrons. The molecule has 0 aliphatic heterocycles. The minimum Gasteiger partial charge on any atom is -0.366 e. The van der Waals surface area contributed by atoms with Crippen LogP contribution in [0.15, 0.2) is 46.2 Å². The first-order valence-electron chi connectivity index (χ1n) is 9.15. The second-order valence-electron chi connectivity index (χ2n) is 6.88. The number of hydrogen-bond donors (Lipinski definition) is 5. The molecule has 0 aromatic heterocycles. The Balaban J connectivity index is 2.55. The van der Waals surface area contributed by atoms with Crippen molar-refractivity contribution in [3.8, 4) is 0 Å². The van der Waals surface area contributed by atoms with Crippen LogP contribution in [-0.4, -0.2) is 64.9 Å². The Hall–Kier alpha value is -2.60. The molecule has 16 heteroatoms. The maximum Gasteiger partial charge on any atom is 0.301 e. The van der Waals surface area contributed by atoms with Gasteiger partial charge in [-0.2, -0.15) is 29.6 Å². The lowest BCUT2D eigenvalue weighted by Crippen LogP contribution is -2.29. The van der Waals surface area contributed by atoms with Gasteiger partial charge in [0.25, 0.3) is 20.2 Å². The standard InChI is InChI=1S/C18H22N4O8S4/c1-19-18(31)20-14-8-6-12(16(10-14)32(23,24)25)4-5-13-7-9-15(11-17(13)33(26,27)28)21-34(29,30)22(2)3/h4-11,21H,1-3H3,(H2,19,20,31)(H,23,24,25)(H,26,27,28). The van der Waals surface area contributed by atoms with E-state index in [1.807, 2.05) is 0 Å². The van der Waals surface area contributed by atoms with Crippen molar-refractivity contribution in [1.29, 1.82) is 0 Å². The van der Waals surface area contributed by atoms with E-state index >= 15 is 0 Å². The normalized spacial score (nSPS) is 12.6. The summed E-state index contributed by atoms with van der Waals surface area (Å²) in [6, 6.07) is 7.31. The smallest absolute Gasteiger partial charge is 0.301 e. The minimum absolute atomic E-state index is 0.00195. The summed E-state index contributed by atoms with van der Waals surface area (Å²) in [5.41, 5.74) is 0.0607. The summed E-state index contributed by atoms with van der Waals surface area (Å²) in [6.45, 7) is 0. The van der Waals surface area contributed by atoms with Crippen LogP contribution >= 0.6 is 12.2 Å². The first kappa shape index (κ1) is 27.6. The highest BCUT2D eigenvalue weighted by Gasteiger charge is 2.19. The Morgan fingerprint density at radius 2 is 1.29 bits per heavy atom. The van der Waals surface area contributed by atoms with Crippen molar-refractivity contribution in [2.75, 3.05) is 31.2 Å². The second-order valence-corrected chi connectivity index (χ2v) is 12.0. The maximum atomic E-state index is 12.0. The van der Waals surface area contributed by atoms with Gasteiger partial charge in [-0.25, -0.2) is 0 Å². The molecule has 0 unspecified atom stereocenters. The molecule has 2 rings (SSSR count). The van der Waals surface area contributed by atoms with Gasteiger partial charge >= 0.3 is 10.2 Å². The lowest BCUT2D eigenvalue weighted by Gasteiger charge is -2.14. The van der Waals surface area contributed by atoms with Crippen LogP contribution in [0.3, 0.4) is 0 Å². The molecular weight excluding hydrogens is 528 g/mol. The Kier molecular flexibility index (Phi) is 8.41. The number of nitrogens with zero attached hydrogens (tertiary/aromatic N) is 1. The fourth-order valence-corrected chi connectivity index (χ4v) is 4.69. The van der Waals surface area contributed by atoms with E-state index in [9.17, 15) is 34.4 Å². The molecule has 2 aromatic rings. The molecule has 0 fully saturated rings. The third-order valence-corrected chi connectivity index (χ3v) is 7.82. The van der Waals surface area contributed by atoms with Crippen LogP contribution < -0.4 is 15.4 Å². The van der Waals surface area contributed by atoms with Crippen molar-refractivity contribution in [1.82, 2.24) is 9.62 Å². The maximum absolute atomic E-state index is 12.0. The van der Waals surface area contributed by atoms with Crippen LogP contribution in [0.25, 0.3) is 12.2 Å². The van der Waals surface area contributed by atoms with Crippen LogP contribution in [0, 0.1) is 0 Å². The Bertz CT molecular complexity index is 1450. The van der Waals surface area contributed by atoms with Gasteiger partial charge in [-0.05, 0) is 47.6 Å². The monoisotopic (exact) mass is 550 g/mol. The number of thiocarbonyl (C=S) groups is 1. The molecule has 0 saturated carbocycles. The van der Waals surface area contributed by atoms with Crippen LogP contribution in [0.5, 0.6) is 0 Å². The number of anilines is 2. The zero-order valence-electron chi connectivity index (χ0n) is 18.0. The third-order valence-electron chi connectivity index (χ3n) is 4.24. The van der Waals surface area contributed by atoms with Crippen molar-refractivity contribution < 1.29 is 34.4 Å². The van der Waals surface area contributed by atoms with Crippen molar-refractivity contribution >= 4 is 71.3 Å². The highest BCUT2D eigenvalue weighted by atomic mass is 32.2. The van der Waals surface area contributed by atoms with Crippen LogP contribution in [0.1, 0.15) is 11.1 Å². The predicted octanol–water partition coefficient (Wildman–Crippen LogP) is 1.48. The number of benzene rings is 2. The molecule has 0 heterocycles. The summed E-state index contributed by atoms with van der Waals surface area (Å²) in [4.78, 5) is -1.12. The van der Waals surface area contributed by atoms with Gasteiger partial charge in [0.2, 0.25) is 0 Å². The largest absolute Gasteiger partial charge is 0.366 e. The molecule has 0 radical (unpaired) electrons. The first-order chi connectivity index (χ1) is 15.5. The quantitative estimate of drug-likeness (QED) is 0.182. The molecule has 34 heavy (non-hydrogen) atoms. The molecule has 2 aromatic carbocycles. The van der Waals surface area contributed by atoms with E-state index in [2.05, 4.69) is 15.4 Å². The van der Waals surface area contributed by atoms with Gasteiger partial charge in [-0.3, -0.25) is 13.8 Å². The molecule has 5 N–H and O–H groups in total. The van der Waals surface area contributed by atoms with Gasteiger partial charge in [0.15, 0.2) is 5.11 Å². The molecule has 0 amide bonds. The van der Waals surface area contributed by atoms with Crippen molar-refractivity contribution in [2.24, 2.45) is 0 Å². The molecule has 0 spiro atoms. The molecule has 12 nitrogen and oxygen atoms in total. The Labute approximate surface area is 203 Å². The summed E-state index contributed by atoms with van der Waals surface area (Å²) in [5, 5.41) is 5.56. The molecular formula is C18H22N4O8S4. The van der Waals surface area contributed by atoms with Gasteiger partial charge < -0.3 is 10.6 Å². The second kappa shape index (κ2) is 10.3. The lowest BCUT2D eigenvalue weighted by molar-refractivity contribution is 0.480. The van der Waals surface area contributed by atoms with E-state index in [0.717, 1.165) is 16.4 Å². The van der Waals surface area contributed by atoms with Crippen LogP contribution in [-0.2, 0) is 30.4 Å². The fourth-order valence-electron chi connectivity index (χ4n) is 2.55. The summed E-state index contributed by atoms with van der Waals surface area (Å²) >= 11 is 4.95. The fraction of sp³-hybridized carbons (Fsp3) is 0.167. The van der Waals surface area contributed by atoms with Crippen molar-refractivity contribution in [2.45, 2.75) is 9.79 Å². The van der Waals surface area contributed by atoms with E-state index in [0.29, 0.717) is 0 Å². The van der Waals surface area contributed by atoms with E-state index in [4.69, 9.17) is 12.2 Å². The van der Waals surface area contributed by atoms with E-state index in [1.165, 1.54) is 50.5 Å². The minimum atomic E-state index is -4.80. The van der Waals surface area contributed by atoms with E-state index in [-0.39, 0.29) is 27.6 Å². The summed E-state index contributed by atoms with van der Waals surface area (Å²) in [5.74, 6) is 0. The summed E-state index contributed by atoms with van der Waals surface area (Å²) < 4.78 is 93.8. The van der Waals surface area contributed by atoms with Gasteiger partial charge in [-0.1, -0.05) is 24.3 Å². The van der Waals surface area contributed by atoms with Crippen LogP contribution in [0.4, 0.5) is 11.4 Å². The average Bonchev–Trinajstić information content (AvgIpc) is 2.71. The SMILES string of the molecule is CNC(=S)Nc1ccc(C=Cc2ccc(NS(=O)(=O)N(C)C)cc2S(=O)(=O)O)c(S(=O)(=O)O)c1. The van der Waals surface area contributed by atoms with Gasteiger partial charge in [-0.15, -0.1) is 0 Å². The van der Waals surface area contributed by atoms with E-state index < -0.39 is 40.2 Å². The molecule has 0 aliphatic carbocycles. The number of nitrogens with one attached hydrogen (secondary N) is 3. The highest BCUT2D eigenvalue weighted by Crippen LogP contribution is 2.26. The van der Waals surface area contributed by atoms with Crippen molar-refractivity contribution in [3.63, 3.8) is 0 Å². The number of hydrogen-bond acceptors (Lipinski definition) is 7. The number of rotatable bonds is 8. The average molecular weight is 551 g/mol. The topological polar surface area (TPSA) is 182 Å². The Morgan fingerprint density at radius 3 is 1.71 bits per heavy atom. The molecule has 0 saturated heterocycles. The van der Waals surface area contributed by atoms with Crippen LogP contribution in [0.2, 0.25) is 0 Å². The van der Waals surface area contributed by atoms with Gasteiger partial charge in [0.05, 0.1) is 5.69 Å². The predicted molar refractivity (Wildman–Crippen MR) is 133 cm³/mol. The zero-order chi connectivity index (χ0) is 25.9. The van der Waals surface area contributed by atoms with Gasteiger partial charge in [0.1, 0.15) is 9.79 Å². The summed E-state index contributed by atoms with van der Waals surface area (Å²) in [7, 11) is -9.33. The third kappa shape index (κ3) is 7.20. The Morgan fingerprint density at radius 1 is 0.853 bits per heavy atom. The lowest BCUT2D eigenvalue weighted by atomic mass is 10.1. The summed E-state index contributed by atoms with van der Waals surface area (Å²) in [6.07, 6.45) is 2.39. The zero-order valence-corrected chi connectivity index (χ0v) is 21.3. The molecule has 0 atom stereocenters. The highest BCUT2D eigenvalue weighted by molar-refractivity contribution is 7.90.